The maximum absolute atomic E-state index is 12.5. The number of carbonyl (C=O) groups excluding carboxylic acids is 2. The molecule has 6 nitrogen and oxygen atoms in total. The summed E-state index contributed by atoms with van der Waals surface area (Å²) >= 11 is 3.39. The van der Waals surface area contributed by atoms with Gasteiger partial charge < -0.3 is 14.4 Å². The zero-order valence-electron chi connectivity index (χ0n) is 16.4. The molecule has 0 fully saturated rings. The van der Waals surface area contributed by atoms with Crippen molar-refractivity contribution in [2.24, 2.45) is 0 Å². The zero-order chi connectivity index (χ0) is 20.5. The fourth-order valence-corrected chi connectivity index (χ4v) is 3.54. The van der Waals surface area contributed by atoms with E-state index in [1.54, 1.807) is 12.1 Å². The molecule has 0 bridgehead atoms. The number of ether oxygens (including phenoxy) is 2. The number of anilines is 1. The standard InChI is InChI=1S/C21H23BrN2O4/c1-21(2,3)28-20(26)18-16(22)8-9-17(23-18)24-11-10-13-6-5-7-14(15(13)12-24)19(25)27-4/h5-9H,10-12H2,1-4H3. The highest BCUT2D eigenvalue weighted by Gasteiger charge is 2.26. The van der Waals surface area contributed by atoms with Crippen LogP contribution in [0.15, 0.2) is 34.8 Å². The van der Waals surface area contributed by atoms with Gasteiger partial charge in [0.15, 0.2) is 5.69 Å². The average Bonchev–Trinajstić information content (AvgIpc) is 2.65. The molecule has 3 rings (SSSR count). The maximum Gasteiger partial charge on any atom is 0.358 e. The molecule has 2 heterocycles. The predicted octanol–water partition coefficient (Wildman–Crippen LogP) is 4.15. The molecule has 1 aliphatic rings. The van der Waals surface area contributed by atoms with E-state index in [2.05, 4.69) is 25.8 Å². The third-order valence-electron chi connectivity index (χ3n) is 4.43. The summed E-state index contributed by atoms with van der Waals surface area (Å²) in [4.78, 5) is 31.2. The smallest absolute Gasteiger partial charge is 0.358 e. The van der Waals surface area contributed by atoms with Crippen LogP contribution in [0.25, 0.3) is 0 Å². The van der Waals surface area contributed by atoms with E-state index < -0.39 is 11.6 Å². The SMILES string of the molecule is COC(=O)c1cccc2c1CN(c1ccc(Br)c(C(=O)OC(C)(C)C)n1)CC2. The van der Waals surface area contributed by atoms with Gasteiger partial charge in [-0.25, -0.2) is 14.6 Å². The number of esters is 2. The van der Waals surface area contributed by atoms with Gasteiger partial charge >= 0.3 is 11.9 Å². The number of fused-ring (bicyclic) bond motifs is 1. The van der Waals surface area contributed by atoms with Gasteiger partial charge in [-0.15, -0.1) is 0 Å². The van der Waals surface area contributed by atoms with Crippen molar-refractivity contribution in [2.75, 3.05) is 18.6 Å². The van der Waals surface area contributed by atoms with E-state index in [-0.39, 0.29) is 11.7 Å². The second-order valence-corrected chi connectivity index (χ2v) is 8.46. The van der Waals surface area contributed by atoms with Crippen molar-refractivity contribution < 1.29 is 19.1 Å². The third kappa shape index (κ3) is 4.35. The molecule has 0 atom stereocenters. The van der Waals surface area contributed by atoms with Crippen LogP contribution < -0.4 is 4.90 Å². The second-order valence-electron chi connectivity index (χ2n) is 7.61. The van der Waals surface area contributed by atoms with Crippen molar-refractivity contribution in [3.63, 3.8) is 0 Å². The normalized spacial score (nSPS) is 13.7. The molecular weight excluding hydrogens is 424 g/mol. The van der Waals surface area contributed by atoms with Gasteiger partial charge in [0.1, 0.15) is 11.4 Å². The molecule has 0 saturated carbocycles. The van der Waals surface area contributed by atoms with E-state index in [1.807, 2.05) is 39.0 Å². The molecule has 148 valence electrons. The molecular formula is C21H23BrN2O4. The summed E-state index contributed by atoms with van der Waals surface area (Å²) in [6.07, 6.45) is 0.777. The minimum Gasteiger partial charge on any atom is -0.465 e. The Morgan fingerprint density at radius 1 is 1.14 bits per heavy atom. The van der Waals surface area contributed by atoms with E-state index in [0.717, 1.165) is 24.1 Å². The van der Waals surface area contributed by atoms with Crippen LogP contribution in [-0.4, -0.2) is 36.2 Å². The van der Waals surface area contributed by atoms with E-state index in [0.29, 0.717) is 22.4 Å². The summed E-state index contributed by atoms with van der Waals surface area (Å²) < 4.78 is 11.0. The highest BCUT2D eigenvalue weighted by Crippen LogP contribution is 2.28. The van der Waals surface area contributed by atoms with Crippen molar-refractivity contribution in [1.82, 2.24) is 4.98 Å². The number of hydrogen-bond donors (Lipinski definition) is 0. The first-order valence-corrected chi connectivity index (χ1v) is 9.83. The van der Waals surface area contributed by atoms with E-state index in [9.17, 15) is 9.59 Å². The van der Waals surface area contributed by atoms with Gasteiger partial charge in [-0.2, -0.15) is 0 Å². The van der Waals surface area contributed by atoms with Crippen LogP contribution in [0.1, 0.15) is 52.7 Å². The van der Waals surface area contributed by atoms with Crippen molar-refractivity contribution in [3.8, 4) is 0 Å². The first-order chi connectivity index (χ1) is 13.2. The Balaban J connectivity index is 1.91. The van der Waals surface area contributed by atoms with Crippen molar-refractivity contribution in [1.29, 1.82) is 0 Å². The number of methoxy groups -OCH3 is 1. The molecule has 1 aromatic carbocycles. The van der Waals surface area contributed by atoms with Crippen molar-refractivity contribution in [3.05, 3.63) is 57.2 Å². The summed E-state index contributed by atoms with van der Waals surface area (Å²) in [5.41, 5.74) is 2.26. The highest BCUT2D eigenvalue weighted by atomic mass is 79.9. The number of hydrogen-bond acceptors (Lipinski definition) is 6. The van der Waals surface area contributed by atoms with Gasteiger partial charge in [0.25, 0.3) is 0 Å². The van der Waals surface area contributed by atoms with Gasteiger partial charge in [-0.3, -0.25) is 0 Å². The van der Waals surface area contributed by atoms with Crippen LogP contribution in [0.5, 0.6) is 0 Å². The summed E-state index contributed by atoms with van der Waals surface area (Å²) in [6, 6.07) is 9.32. The Bertz CT molecular complexity index is 921. The monoisotopic (exact) mass is 446 g/mol. The number of halogens is 1. The lowest BCUT2D eigenvalue weighted by Crippen LogP contribution is -2.33. The Labute approximate surface area is 173 Å². The number of carbonyl (C=O) groups is 2. The van der Waals surface area contributed by atoms with Gasteiger partial charge in [0.05, 0.1) is 17.1 Å². The highest BCUT2D eigenvalue weighted by molar-refractivity contribution is 9.10. The molecule has 0 N–H and O–H groups in total. The Hall–Kier alpha value is -2.41. The van der Waals surface area contributed by atoms with E-state index in [1.165, 1.54) is 7.11 Å². The van der Waals surface area contributed by atoms with Crippen LogP contribution in [0.4, 0.5) is 5.82 Å². The minimum atomic E-state index is -0.603. The lowest BCUT2D eigenvalue weighted by molar-refractivity contribution is 0.00616. The molecule has 0 aliphatic carbocycles. The molecule has 0 unspecified atom stereocenters. The molecule has 0 radical (unpaired) electrons. The average molecular weight is 447 g/mol. The first-order valence-electron chi connectivity index (χ1n) is 9.03. The summed E-state index contributed by atoms with van der Waals surface area (Å²) in [6.45, 7) is 6.71. The summed E-state index contributed by atoms with van der Waals surface area (Å²) in [5, 5.41) is 0. The molecule has 1 aliphatic heterocycles. The number of benzene rings is 1. The lowest BCUT2D eigenvalue weighted by Gasteiger charge is -2.31. The first kappa shape index (κ1) is 20.3. The Morgan fingerprint density at radius 3 is 2.57 bits per heavy atom. The van der Waals surface area contributed by atoms with E-state index >= 15 is 0 Å². The van der Waals surface area contributed by atoms with Crippen molar-refractivity contribution in [2.45, 2.75) is 39.3 Å². The lowest BCUT2D eigenvalue weighted by atomic mass is 9.95. The van der Waals surface area contributed by atoms with E-state index in [4.69, 9.17) is 9.47 Å². The van der Waals surface area contributed by atoms with Crippen LogP contribution in [0.3, 0.4) is 0 Å². The summed E-state index contributed by atoms with van der Waals surface area (Å²) in [7, 11) is 1.38. The summed E-state index contributed by atoms with van der Waals surface area (Å²) in [5.74, 6) is -0.167. The molecule has 28 heavy (non-hydrogen) atoms. The van der Waals surface area contributed by atoms with Crippen LogP contribution in [0, 0.1) is 0 Å². The third-order valence-corrected chi connectivity index (χ3v) is 5.07. The fourth-order valence-electron chi connectivity index (χ4n) is 3.16. The molecule has 0 spiro atoms. The molecule has 1 aromatic heterocycles. The fraction of sp³-hybridized carbons (Fsp3) is 0.381. The second kappa shape index (κ2) is 7.91. The molecule has 2 aromatic rings. The molecule has 7 heteroatoms. The topological polar surface area (TPSA) is 68.7 Å². The van der Waals surface area contributed by atoms with Crippen LogP contribution >= 0.6 is 15.9 Å². The van der Waals surface area contributed by atoms with Crippen molar-refractivity contribution >= 4 is 33.7 Å². The zero-order valence-corrected chi connectivity index (χ0v) is 18.0. The maximum atomic E-state index is 12.5. The predicted molar refractivity (Wildman–Crippen MR) is 110 cm³/mol. The van der Waals surface area contributed by atoms with Gasteiger partial charge in [0.2, 0.25) is 0 Å². The quantitative estimate of drug-likeness (QED) is 0.659. The number of pyridine rings is 1. The van der Waals surface area contributed by atoms with Gasteiger partial charge in [-0.05, 0) is 72.4 Å². The number of rotatable bonds is 3. The van der Waals surface area contributed by atoms with Crippen LogP contribution in [-0.2, 0) is 22.4 Å². The Morgan fingerprint density at radius 2 is 1.89 bits per heavy atom. The minimum absolute atomic E-state index is 0.236. The number of aromatic nitrogens is 1. The number of nitrogens with zero attached hydrogens (tertiary/aromatic N) is 2. The Kier molecular flexibility index (Phi) is 5.74. The van der Waals surface area contributed by atoms with Crippen LogP contribution in [0.2, 0.25) is 0 Å². The molecule has 0 amide bonds. The van der Waals surface area contributed by atoms with Gasteiger partial charge in [-0.1, -0.05) is 12.1 Å². The molecule has 0 saturated heterocycles. The largest absolute Gasteiger partial charge is 0.465 e. The van der Waals surface area contributed by atoms with Gasteiger partial charge in [0, 0.05) is 13.1 Å².